The molecule has 1 saturated heterocycles. The highest BCUT2D eigenvalue weighted by molar-refractivity contribution is 4.89. The van der Waals surface area contributed by atoms with Crippen molar-refractivity contribution in [3.05, 3.63) is 0 Å². The van der Waals surface area contributed by atoms with E-state index < -0.39 is 30.4 Å². The molecule has 0 aromatic rings. The monoisotopic (exact) mass is 180 g/mol. The third-order valence-electron chi connectivity index (χ3n) is 1.90. The van der Waals surface area contributed by atoms with E-state index in [9.17, 15) is 0 Å². The second-order valence-corrected chi connectivity index (χ2v) is 2.91. The predicted molar refractivity (Wildman–Crippen MR) is 35.7 cm³/mol. The first-order valence-electron chi connectivity index (χ1n) is 3.53. The molecule has 0 unspecified atom stereocenters. The Balaban J connectivity index is 2.78. The first-order valence-corrected chi connectivity index (χ1v) is 3.53. The van der Waals surface area contributed by atoms with Gasteiger partial charge in [-0.1, -0.05) is 0 Å². The van der Waals surface area contributed by atoms with Crippen LogP contribution < -0.4 is 0 Å². The zero-order valence-corrected chi connectivity index (χ0v) is 6.45. The van der Waals surface area contributed by atoms with Crippen LogP contribution in [0, 0.1) is 0 Å². The predicted octanol–water partition coefficient (Wildman–Crippen LogP) is -2.87. The molecule has 72 valence electrons. The summed E-state index contributed by atoms with van der Waals surface area (Å²) in [5.74, 6) is -2.79. The Kier molecular flexibility index (Phi) is 2.39. The number of hydrogen-bond acceptors (Lipinski definition) is 6. The Morgan fingerprint density at radius 1 is 1.08 bits per heavy atom. The van der Waals surface area contributed by atoms with E-state index in [0.29, 0.717) is 0 Å². The molecule has 5 N–H and O–H groups in total. The van der Waals surface area contributed by atoms with Crippen molar-refractivity contribution < 1.29 is 30.3 Å². The molecule has 6 heteroatoms. The topological polar surface area (TPSA) is 110 Å². The quantitative estimate of drug-likeness (QED) is 0.256. The second kappa shape index (κ2) is 2.91. The summed E-state index contributed by atoms with van der Waals surface area (Å²) < 4.78 is 4.42. The third kappa shape index (κ3) is 1.45. The van der Waals surface area contributed by atoms with Crippen LogP contribution in [0.2, 0.25) is 0 Å². The van der Waals surface area contributed by atoms with Gasteiger partial charge in [0, 0.05) is 0 Å². The van der Waals surface area contributed by atoms with Crippen molar-refractivity contribution in [1.29, 1.82) is 0 Å². The maximum absolute atomic E-state index is 9.09. The van der Waals surface area contributed by atoms with Gasteiger partial charge >= 0.3 is 5.97 Å². The lowest BCUT2D eigenvalue weighted by Crippen LogP contribution is -2.63. The van der Waals surface area contributed by atoms with E-state index in [2.05, 4.69) is 4.74 Å². The van der Waals surface area contributed by atoms with Crippen LogP contribution in [0.3, 0.4) is 0 Å². The maximum Gasteiger partial charge on any atom is 0.308 e. The van der Waals surface area contributed by atoms with Gasteiger partial charge in [-0.3, -0.25) is 0 Å². The molecule has 0 radical (unpaired) electrons. The number of aliphatic hydroxyl groups excluding tert-OH is 3. The van der Waals surface area contributed by atoms with Crippen molar-refractivity contribution in [2.75, 3.05) is 0 Å². The van der Waals surface area contributed by atoms with Crippen LogP contribution in [0.4, 0.5) is 0 Å². The van der Waals surface area contributed by atoms with Crippen LogP contribution in [0.1, 0.15) is 6.92 Å². The highest BCUT2D eigenvalue weighted by Gasteiger charge is 2.50. The molecule has 0 spiro atoms. The minimum atomic E-state index is -2.79. The molecule has 1 fully saturated rings. The molecule has 1 heterocycles. The minimum Gasteiger partial charge on any atom is -0.388 e. The van der Waals surface area contributed by atoms with Gasteiger partial charge < -0.3 is 30.3 Å². The number of hydrogen-bond donors (Lipinski definition) is 5. The number of ether oxygens (including phenoxy) is 1. The highest BCUT2D eigenvalue weighted by atomic mass is 16.8. The Bertz CT molecular complexity index is 169. The van der Waals surface area contributed by atoms with Crippen LogP contribution in [0.15, 0.2) is 0 Å². The SMILES string of the molecule is C[C@@H]1OC(O)(O)[C@H](O)[C@H](O)[C@H]1O. The van der Waals surface area contributed by atoms with E-state index in [1.807, 2.05) is 0 Å². The van der Waals surface area contributed by atoms with Crippen molar-refractivity contribution in [3.63, 3.8) is 0 Å². The fourth-order valence-corrected chi connectivity index (χ4v) is 1.10. The van der Waals surface area contributed by atoms with E-state index in [0.717, 1.165) is 0 Å². The van der Waals surface area contributed by atoms with Gasteiger partial charge in [0.1, 0.15) is 12.2 Å². The third-order valence-corrected chi connectivity index (χ3v) is 1.90. The van der Waals surface area contributed by atoms with Crippen LogP contribution in [-0.4, -0.2) is 55.9 Å². The van der Waals surface area contributed by atoms with E-state index in [1.165, 1.54) is 6.92 Å². The van der Waals surface area contributed by atoms with Gasteiger partial charge in [0.25, 0.3) is 0 Å². The van der Waals surface area contributed by atoms with Crippen LogP contribution in [0.25, 0.3) is 0 Å². The maximum atomic E-state index is 9.09. The standard InChI is InChI=1S/C6H12O6/c1-2-3(7)4(8)5(9)6(10,11)12-2/h2-5,7-11H,1H3/t2-,3-,4+,5+/m0/s1. The highest BCUT2D eigenvalue weighted by Crippen LogP contribution is 2.25. The summed E-state index contributed by atoms with van der Waals surface area (Å²) in [5, 5.41) is 44.9. The summed E-state index contributed by atoms with van der Waals surface area (Å²) in [6, 6.07) is 0. The summed E-state index contributed by atoms with van der Waals surface area (Å²) in [7, 11) is 0. The van der Waals surface area contributed by atoms with Gasteiger partial charge in [0.15, 0.2) is 6.10 Å². The molecule has 0 aliphatic carbocycles. The molecular weight excluding hydrogens is 168 g/mol. The Morgan fingerprint density at radius 3 is 2.08 bits per heavy atom. The summed E-state index contributed by atoms with van der Waals surface area (Å²) in [6.45, 7) is 1.35. The van der Waals surface area contributed by atoms with Gasteiger partial charge in [-0.2, -0.15) is 0 Å². The summed E-state index contributed by atoms with van der Waals surface area (Å²) >= 11 is 0. The fourth-order valence-electron chi connectivity index (χ4n) is 1.10. The van der Waals surface area contributed by atoms with E-state index in [4.69, 9.17) is 25.5 Å². The van der Waals surface area contributed by atoms with Gasteiger partial charge in [0.2, 0.25) is 0 Å². The first kappa shape index (κ1) is 9.85. The zero-order chi connectivity index (χ0) is 9.52. The molecule has 4 atom stereocenters. The lowest BCUT2D eigenvalue weighted by atomic mass is 9.99. The zero-order valence-electron chi connectivity index (χ0n) is 6.45. The summed E-state index contributed by atoms with van der Waals surface area (Å²) in [5.41, 5.74) is 0. The second-order valence-electron chi connectivity index (χ2n) is 2.91. The average Bonchev–Trinajstić information content (AvgIpc) is 1.97. The summed E-state index contributed by atoms with van der Waals surface area (Å²) in [4.78, 5) is 0. The number of rotatable bonds is 0. The van der Waals surface area contributed by atoms with Crippen LogP contribution >= 0.6 is 0 Å². The lowest BCUT2D eigenvalue weighted by Gasteiger charge is -2.41. The molecule has 1 aliphatic rings. The molecule has 12 heavy (non-hydrogen) atoms. The fraction of sp³-hybridized carbons (Fsp3) is 1.00. The number of aliphatic hydroxyl groups is 5. The van der Waals surface area contributed by atoms with Crippen LogP contribution in [-0.2, 0) is 4.74 Å². The molecule has 0 aromatic carbocycles. The molecule has 1 rings (SSSR count). The van der Waals surface area contributed by atoms with Crippen molar-refractivity contribution in [3.8, 4) is 0 Å². The van der Waals surface area contributed by atoms with Crippen molar-refractivity contribution >= 4 is 0 Å². The van der Waals surface area contributed by atoms with E-state index in [1.54, 1.807) is 0 Å². The van der Waals surface area contributed by atoms with Crippen molar-refractivity contribution in [2.24, 2.45) is 0 Å². The molecule has 0 bridgehead atoms. The average molecular weight is 180 g/mol. The largest absolute Gasteiger partial charge is 0.388 e. The van der Waals surface area contributed by atoms with Gasteiger partial charge in [0.05, 0.1) is 6.10 Å². The van der Waals surface area contributed by atoms with Gasteiger partial charge in [-0.05, 0) is 6.92 Å². The first-order chi connectivity index (χ1) is 5.36. The lowest BCUT2D eigenvalue weighted by molar-refractivity contribution is -0.431. The molecule has 6 nitrogen and oxygen atoms in total. The molecule has 1 aliphatic heterocycles. The van der Waals surface area contributed by atoms with E-state index in [-0.39, 0.29) is 0 Å². The van der Waals surface area contributed by atoms with Crippen molar-refractivity contribution in [1.82, 2.24) is 0 Å². The molecule has 0 aromatic heterocycles. The molecule has 0 saturated carbocycles. The van der Waals surface area contributed by atoms with Crippen molar-refractivity contribution in [2.45, 2.75) is 37.3 Å². The molecule has 0 amide bonds. The minimum absolute atomic E-state index is 0.946. The van der Waals surface area contributed by atoms with Crippen LogP contribution in [0.5, 0.6) is 0 Å². The molecular formula is C6H12O6. The Morgan fingerprint density at radius 2 is 1.58 bits per heavy atom. The normalized spacial score (nSPS) is 47.5. The van der Waals surface area contributed by atoms with Gasteiger partial charge in [-0.15, -0.1) is 0 Å². The Hall–Kier alpha value is -0.240. The van der Waals surface area contributed by atoms with Gasteiger partial charge in [-0.25, -0.2) is 0 Å². The Labute approximate surface area is 68.6 Å². The summed E-state index contributed by atoms with van der Waals surface area (Å²) in [6.07, 6.45) is -5.82. The van der Waals surface area contributed by atoms with E-state index >= 15 is 0 Å². The smallest absolute Gasteiger partial charge is 0.308 e.